The molecule has 3 aliphatic rings. The molecular formula is C25H23ClIN6O3S-. The minimum Gasteiger partial charge on any atom is -0.347 e. The summed E-state index contributed by atoms with van der Waals surface area (Å²) >= 11 is 7.37. The Morgan fingerprint density at radius 3 is 3.08 bits per heavy atom. The molecule has 7 rings (SSSR count). The minimum atomic E-state index is -0.279. The van der Waals surface area contributed by atoms with Crippen LogP contribution in [-0.4, -0.2) is 55.0 Å². The molecule has 3 aliphatic heterocycles. The molecule has 0 radical (unpaired) electrons. The molecule has 4 aromatic rings. The van der Waals surface area contributed by atoms with Crippen molar-refractivity contribution in [3.63, 3.8) is 0 Å². The van der Waals surface area contributed by atoms with Crippen LogP contribution >= 0.6 is 22.9 Å². The zero-order chi connectivity index (χ0) is 25.1. The van der Waals surface area contributed by atoms with E-state index in [1.54, 1.807) is 6.20 Å². The summed E-state index contributed by atoms with van der Waals surface area (Å²) in [7, 11) is 0. The number of halogens is 2. The van der Waals surface area contributed by atoms with Crippen molar-refractivity contribution < 1.29 is 34.2 Å². The molecule has 2 unspecified atom stereocenters. The Hall–Kier alpha value is -2.32. The van der Waals surface area contributed by atoms with Gasteiger partial charge in [0.15, 0.2) is 0 Å². The maximum Gasteiger partial charge on any atom is 0.263 e. The Morgan fingerprint density at radius 2 is 2.19 bits per heavy atom. The number of thiophene rings is 1. The molecule has 3 aromatic heterocycles. The standard InChI is InChI=1S/C25H23ClIN6O3S/c1-12-8-28-21-20-15-3-7-19(31-16(15)4-5-17(20)37-22(21)23(34)30-12)36-24-13(9-29-25(26)32-24)10-33-14-2-6-18(33)27-35-11-14/h3-5,7,9,12,14,18,28H,2,6,8,10-11H2,1H3,(H,30,34)/q-1/t12-,14?,18?/m1/s1. The Kier molecular flexibility index (Phi) is 6.07. The number of rotatable bonds is 4. The van der Waals surface area contributed by atoms with E-state index in [0.717, 1.165) is 45.3 Å². The summed E-state index contributed by atoms with van der Waals surface area (Å²) in [4.78, 5) is 29.3. The van der Waals surface area contributed by atoms with E-state index in [1.165, 1.54) is 17.8 Å². The average Bonchev–Trinajstić information content (AvgIpc) is 3.30. The van der Waals surface area contributed by atoms with Gasteiger partial charge in [-0.3, -0.25) is 4.79 Å². The van der Waals surface area contributed by atoms with E-state index >= 15 is 0 Å². The molecule has 37 heavy (non-hydrogen) atoms. The molecule has 192 valence electrons. The number of ether oxygens (including phenoxy) is 1. The fraction of sp³-hybridized carbons (Fsp3) is 0.360. The van der Waals surface area contributed by atoms with Crippen LogP contribution in [0.2, 0.25) is 5.28 Å². The van der Waals surface area contributed by atoms with Crippen LogP contribution in [0.4, 0.5) is 5.69 Å². The summed E-state index contributed by atoms with van der Waals surface area (Å²) in [6, 6.07) is 8.30. The van der Waals surface area contributed by atoms with E-state index in [0.29, 0.717) is 39.8 Å². The van der Waals surface area contributed by atoms with Gasteiger partial charge in [0.1, 0.15) is 4.88 Å². The molecule has 0 saturated carbocycles. The molecule has 3 atom stereocenters. The third-order valence-electron chi connectivity index (χ3n) is 7.00. The van der Waals surface area contributed by atoms with Crippen LogP contribution in [0.15, 0.2) is 30.5 Å². The number of carbonyl (C=O) groups excluding carboxylic acids is 1. The Bertz CT molecular complexity index is 1530. The summed E-state index contributed by atoms with van der Waals surface area (Å²) in [5.74, 6) is 0.813. The first-order chi connectivity index (χ1) is 18.0. The van der Waals surface area contributed by atoms with Gasteiger partial charge in [-0.05, 0) is 6.92 Å². The van der Waals surface area contributed by atoms with Crippen LogP contribution in [0.25, 0.3) is 21.0 Å². The maximum absolute atomic E-state index is 12.7. The third kappa shape index (κ3) is 4.30. The van der Waals surface area contributed by atoms with Gasteiger partial charge in [0, 0.05) is 12.6 Å². The third-order valence-corrected chi connectivity index (χ3v) is 11.0. The molecule has 0 spiro atoms. The molecule has 0 aliphatic carbocycles. The normalized spacial score (nSPS) is 23.7. The van der Waals surface area contributed by atoms with Gasteiger partial charge in [0.2, 0.25) is 0 Å². The van der Waals surface area contributed by atoms with Crippen LogP contribution in [-0.2, 0) is 9.61 Å². The van der Waals surface area contributed by atoms with E-state index in [2.05, 4.69) is 25.5 Å². The van der Waals surface area contributed by atoms with Gasteiger partial charge in [0.05, 0.1) is 0 Å². The second kappa shape index (κ2) is 9.45. The van der Waals surface area contributed by atoms with Crippen molar-refractivity contribution in [3.8, 4) is 11.8 Å². The quantitative estimate of drug-likeness (QED) is 0.149. The van der Waals surface area contributed by atoms with Gasteiger partial charge < -0.3 is 10.6 Å². The number of hydrogen-bond acceptors (Lipinski definition) is 9. The number of anilines is 1. The summed E-state index contributed by atoms with van der Waals surface area (Å²) in [5, 5.41) is 8.61. The van der Waals surface area contributed by atoms with Gasteiger partial charge in [-0.25, -0.2) is 0 Å². The number of alkyl halides is 1. The molecule has 2 saturated heterocycles. The molecule has 9 nitrogen and oxygen atoms in total. The van der Waals surface area contributed by atoms with Crippen LogP contribution in [0, 0.1) is 0 Å². The molecule has 1 aromatic carbocycles. The van der Waals surface area contributed by atoms with Crippen molar-refractivity contribution in [1.29, 1.82) is 0 Å². The smallest absolute Gasteiger partial charge is 0.263 e. The fourth-order valence-electron chi connectivity index (χ4n) is 5.20. The summed E-state index contributed by atoms with van der Waals surface area (Å²) in [6.45, 7) is 4.16. The van der Waals surface area contributed by atoms with Gasteiger partial charge in [0.25, 0.3) is 5.91 Å². The summed E-state index contributed by atoms with van der Waals surface area (Å²) in [6.07, 6.45) is 4.10. The number of fused-ring (bicyclic) bond motifs is 7. The number of amides is 1. The van der Waals surface area contributed by atoms with Crippen LogP contribution in [0.5, 0.6) is 11.8 Å². The number of benzene rings is 1. The fourth-order valence-corrected chi connectivity index (χ4v) is 9.02. The van der Waals surface area contributed by atoms with Crippen LogP contribution in [0.3, 0.4) is 0 Å². The van der Waals surface area contributed by atoms with E-state index in [1.807, 2.05) is 31.2 Å². The monoisotopic (exact) mass is 649 g/mol. The second-order valence-corrected chi connectivity index (χ2v) is 13.5. The number of nitrogens with one attached hydrogen (secondary N) is 2. The molecule has 2 bridgehead atoms. The molecular weight excluding hydrogens is 627 g/mol. The van der Waals surface area contributed by atoms with Crippen molar-refractivity contribution in [2.45, 2.75) is 42.4 Å². The molecule has 1 amide bonds. The van der Waals surface area contributed by atoms with Crippen molar-refractivity contribution in [2.75, 3.05) is 18.5 Å². The number of carbonyl (C=O) groups is 1. The van der Waals surface area contributed by atoms with Gasteiger partial charge in [-0.15, -0.1) is 11.3 Å². The number of hydrogen-bond donors (Lipinski definition) is 2. The van der Waals surface area contributed by atoms with Gasteiger partial charge in [-0.1, -0.05) is 0 Å². The predicted octanol–water partition coefficient (Wildman–Crippen LogP) is 1.55. The zero-order valence-corrected chi connectivity index (χ0v) is 23.6. The Morgan fingerprint density at radius 1 is 1.27 bits per heavy atom. The van der Waals surface area contributed by atoms with Gasteiger partial charge in [-0.2, -0.15) is 0 Å². The Balaban J connectivity index is 1.23. The first kappa shape index (κ1) is 23.8. The molecule has 6 heterocycles. The summed E-state index contributed by atoms with van der Waals surface area (Å²) in [5.41, 5.74) is 2.54. The number of aromatic nitrogens is 3. The van der Waals surface area contributed by atoms with E-state index in [-0.39, 0.29) is 38.9 Å². The van der Waals surface area contributed by atoms with Gasteiger partial charge >= 0.3 is 177 Å². The van der Waals surface area contributed by atoms with E-state index < -0.39 is 0 Å². The molecule has 2 fully saturated rings. The predicted molar refractivity (Wildman–Crippen MR) is 138 cm³/mol. The van der Waals surface area contributed by atoms with E-state index in [9.17, 15) is 4.79 Å². The minimum absolute atomic E-state index is 0.0428. The Labute approximate surface area is 232 Å². The first-order valence-electron chi connectivity index (χ1n) is 12.1. The SMILES string of the molecule is C[C@@H]1CNc2c(sc3ccc4nc(Oc5nc(Cl)ncc5CN5C6CCC5[I-]OC6)ccc4c23)C(=O)N1. The summed E-state index contributed by atoms with van der Waals surface area (Å²) < 4.78 is 13.6. The topological polar surface area (TPSA) is 102 Å². The zero-order valence-electron chi connectivity index (χ0n) is 19.8. The second-order valence-electron chi connectivity index (χ2n) is 9.49. The molecule has 2 N–H and O–H groups in total. The van der Waals surface area contributed by atoms with Crippen LogP contribution in [0.1, 0.15) is 35.0 Å². The van der Waals surface area contributed by atoms with E-state index in [4.69, 9.17) is 24.4 Å². The average molecular weight is 650 g/mol. The number of nitrogens with zero attached hydrogens (tertiary/aromatic N) is 4. The van der Waals surface area contributed by atoms with Crippen LogP contribution < -0.4 is 37.0 Å². The first-order valence-corrected chi connectivity index (χ1v) is 15.5. The van der Waals surface area contributed by atoms with Crippen molar-refractivity contribution in [3.05, 3.63) is 46.2 Å². The van der Waals surface area contributed by atoms with Crippen molar-refractivity contribution in [1.82, 2.24) is 25.2 Å². The van der Waals surface area contributed by atoms with Crippen molar-refractivity contribution in [2.24, 2.45) is 0 Å². The molecule has 12 heteroatoms. The maximum atomic E-state index is 12.7. The largest absolute Gasteiger partial charge is 0.347 e. The van der Waals surface area contributed by atoms with Crippen molar-refractivity contribution >= 4 is 55.5 Å². The number of pyridine rings is 1.